The molecule has 5 aromatic rings. The van der Waals surface area contributed by atoms with Crippen LogP contribution in [-0.4, -0.2) is 69.2 Å². The molecule has 0 N–H and O–H groups in total. The van der Waals surface area contributed by atoms with Gasteiger partial charge in [-0.15, -0.1) is 0 Å². The molecular formula is C40H44N2O8S. The monoisotopic (exact) mass is 712 g/mol. The predicted molar refractivity (Wildman–Crippen MR) is 196 cm³/mol. The van der Waals surface area contributed by atoms with Gasteiger partial charge in [0.15, 0.2) is 0 Å². The standard InChI is InChI=1S/C40H44N2O8S/c1-46-38-16-9-7-14-33(38)28-47-23-10-24-48-35-19-17-31(18-20-35)36-21-22-41(40(43)50-27-30-11-4-3-5-12-30)26-39(36)49-29-34-25-32-13-6-8-15-37(32)42(34)51(2,44)45/h3-9,11-20,25,36,39H,10,21-24,26-29H2,1-2H3. The molecule has 4 aromatic carbocycles. The van der Waals surface area contributed by atoms with E-state index in [2.05, 4.69) is 0 Å². The second-order valence-electron chi connectivity index (χ2n) is 12.6. The molecule has 2 unspecified atom stereocenters. The number of benzene rings is 4. The molecule has 1 aliphatic rings. The molecule has 1 amide bonds. The van der Waals surface area contributed by atoms with Crippen molar-refractivity contribution >= 4 is 27.0 Å². The van der Waals surface area contributed by atoms with Crippen LogP contribution < -0.4 is 9.47 Å². The van der Waals surface area contributed by atoms with Crippen molar-refractivity contribution in [1.29, 1.82) is 0 Å². The number of carbonyl (C=O) groups excluding carboxylic acids is 1. The number of fused-ring (bicyclic) bond motifs is 1. The van der Waals surface area contributed by atoms with Crippen molar-refractivity contribution in [3.05, 3.63) is 132 Å². The van der Waals surface area contributed by atoms with Crippen molar-refractivity contribution in [2.45, 2.75) is 44.7 Å². The quantitative estimate of drug-likeness (QED) is 0.105. The molecule has 1 aromatic heterocycles. The Morgan fingerprint density at radius 3 is 2.37 bits per heavy atom. The summed E-state index contributed by atoms with van der Waals surface area (Å²) in [5, 5.41) is 0.811. The van der Waals surface area contributed by atoms with Gasteiger partial charge < -0.3 is 28.6 Å². The van der Waals surface area contributed by atoms with Gasteiger partial charge in [-0.2, -0.15) is 0 Å². The van der Waals surface area contributed by atoms with Gasteiger partial charge in [-0.05, 0) is 47.9 Å². The Morgan fingerprint density at radius 1 is 0.843 bits per heavy atom. The zero-order chi connectivity index (χ0) is 35.6. The highest BCUT2D eigenvalue weighted by molar-refractivity contribution is 7.89. The molecule has 1 aliphatic heterocycles. The summed E-state index contributed by atoms with van der Waals surface area (Å²) >= 11 is 0. The van der Waals surface area contributed by atoms with Crippen LogP contribution >= 0.6 is 0 Å². The number of methoxy groups -OCH3 is 1. The van der Waals surface area contributed by atoms with Crippen LogP contribution in [0.3, 0.4) is 0 Å². The number of amides is 1. The number of carbonyl (C=O) groups is 1. The van der Waals surface area contributed by atoms with E-state index < -0.39 is 22.2 Å². The molecule has 1 saturated heterocycles. The SMILES string of the molecule is COc1ccccc1COCCCOc1ccc(C2CCN(C(=O)OCc3ccccc3)CC2OCc2cc3ccccc3n2S(C)(=O)=O)cc1. The van der Waals surface area contributed by atoms with Gasteiger partial charge in [0.05, 0.1) is 63.7 Å². The molecule has 268 valence electrons. The number of hydrogen-bond donors (Lipinski definition) is 0. The van der Waals surface area contributed by atoms with Gasteiger partial charge in [0.2, 0.25) is 10.0 Å². The fourth-order valence-corrected chi connectivity index (χ4v) is 7.54. The predicted octanol–water partition coefficient (Wildman–Crippen LogP) is 7.15. The molecule has 2 atom stereocenters. The summed E-state index contributed by atoms with van der Waals surface area (Å²) in [6, 6.07) is 34.5. The van der Waals surface area contributed by atoms with Gasteiger partial charge in [-0.25, -0.2) is 17.2 Å². The van der Waals surface area contributed by atoms with Crippen LogP contribution in [0.4, 0.5) is 4.79 Å². The molecule has 11 heteroatoms. The average molecular weight is 713 g/mol. The lowest BCUT2D eigenvalue weighted by atomic mass is 9.87. The van der Waals surface area contributed by atoms with E-state index in [-0.39, 0.29) is 19.1 Å². The highest BCUT2D eigenvalue weighted by atomic mass is 32.2. The molecule has 51 heavy (non-hydrogen) atoms. The van der Waals surface area contributed by atoms with Crippen molar-refractivity contribution in [3.63, 3.8) is 0 Å². The maximum atomic E-state index is 13.2. The minimum Gasteiger partial charge on any atom is -0.496 e. The first kappa shape index (κ1) is 36.0. The Labute approximate surface area is 299 Å². The Hall–Kier alpha value is -4.84. The fourth-order valence-electron chi connectivity index (χ4n) is 6.48. The fraction of sp³-hybridized carbons (Fsp3) is 0.325. The van der Waals surface area contributed by atoms with Crippen molar-refractivity contribution < 1.29 is 36.9 Å². The Balaban J connectivity index is 1.10. The summed E-state index contributed by atoms with van der Waals surface area (Å²) in [4.78, 5) is 14.9. The normalized spacial score (nSPS) is 16.2. The van der Waals surface area contributed by atoms with E-state index in [4.69, 9.17) is 23.7 Å². The third-order valence-corrected chi connectivity index (χ3v) is 10.1. The first-order valence-corrected chi connectivity index (χ1v) is 18.9. The molecular weight excluding hydrogens is 669 g/mol. The molecule has 0 saturated carbocycles. The number of rotatable bonds is 15. The van der Waals surface area contributed by atoms with E-state index in [1.807, 2.05) is 103 Å². The van der Waals surface area contributed by atoms with E-state index in [0.717, 1.165) is 40.0 Å². The molecule has 0 radical (unpaired) electrons. The third kappa shape index (κ3) is 9.29. The zero-order valence-electron chi connectivity index (χ0n) is 29.0. The molecule has 10 nitrogen and oxygen atoms in total. The second-order valence-corrected chi connectivity index (χ2v) is 14.4. The van der Waals surface area contributed by atoms with Gasteiger partial charge in [-0.3, -0.25) is 0 Å². The van der Waals surface area contributed by atoms with Crippen LogP contribution in [0, 0.1) is 0 Å². The van der Waals surface area contributed by atoms with Gasteiger partial charge in [0.1, 0.15) is 18.1 Å². The Kier molecular flexibility index (Phi) is 11.9. The van der Waals surface area contributed by atoms with Crippen molar-refractivity contribution in [3.8, 4) is 11.5 Å². The maximum absolute atomic E-state index is 13.2. The lowest BCUT2D eigenvalue weighted by Gasteiger charge is -2.38. The minimum atomic E-state index is -3.60. The van der Waals surface area contributed by atoms with E-state index in [1.165, 1.54) is 10.2 Å². The molecule has 1 fully saturated rings. The van der Waals surface area contributed by atoms with Crippen molar-refractivity contribution in [2.24, 2.45) is 0 Å². The van der Waals surface area contributed by atoms with Gasteiger partial charge in [0.25, 0.3) is 0 Å². The summed E-state index contributed by atoms with van der Waals surface area (Å²) in [6.45, 7) is 2.56. The number of hydrogen-bond acceptors (Lipinski definition) is 8. The summed E-state index contributed by atoms with van der Waals surface area (Å²) in [7, 11) is -1.95. The van der Waals surface area contributed by atoms with E-state index >= 15 is 0 Å². The number of aromatic nitrogens is 1. The van der Waals surface area contributed by atoms with Gasteiger partial charge in [-0.1, -0.05) is 78.9 Å². The van der Waals surface area contributed by atoms with E-state index in [1.54, 1.807) is 18.1 Å². The first-order valence-electron chi connectivity index (χ1n) is 17.1. The summed E-state index contributed by atoms with van der Waals surface area (Å²) in [6.07, 6.45) is 1.74. The third-order valence-electron chi connectivity index (χ3n) is 9.00. The number of nitrogens with zero attached hydrogens (tertiary/aromatic N) is 2. The highest BCUT2D eigenvalue weighted by Gasteiger charge is 2.34. The second kappa shape index (κ2) is 16.9. The largest absolute Gasteiger partial charge is 0.496 e. The Bertz CT molecular complexity index is 2000. The molecule has 2 heterocycles. The van der Waals surface area contributed by atoms with Crippen LogP contribution in [0.15, 0.2) is 109 Å². The van der Waals surface area contributed by atoms with Crippen LogP contribution in [0.2, 0.25) is 0 Å². The highest BCUT2D eigenvalue weighted by Crippen LogP contribution is 2.33. The number of ether oxygens (including phenoxy) is 5. The summed E-state index contributed by atoms with van der Waals surface area (Å²) < 4.78 is 56.4. The molecule has 0 bridgehead atoms. The summed E-state index contributed by atoms with van der Waals surface area (Å²) in [5.74, 6) is 1.52. The minimum absolute atomic E-state index is 0.0448. The van der Waals surface area contributed by atoms with Crippen LogP contribution in [0.25, 0.3) is 10.9 Å². The lowest BCUT2D eigenvalue weighted by molar-refractivity contribution is -0.0257. The average Bonchev–Trinajstić information content (AvgIpc) is 3.54. The maximum Gasteiger partial charge on any atom is 0.410 e. The van der Waals surface area contributed by atoms with Gasteiger partial charge >= 0.3 is 6.09 Å². The van der Waals surface area contributed by atoms with E-state index in [0.29, 0.717) is 50.5 Å². The summed E-state index contributed by atoms with van der Waals surface area (Å²) in [5.41, 5.74) is 4.09. The number of likely N-dealkylation sites (tertiary alicyclic amines) is 1. The Morgan fingerprint density at radius 2 is 1.59 bits per heavy atom. The van der Waals surface area contributed by atoms with E-state index in [9.17, 15) is 13.2 Å². The topological polar surface area (TPSA) is 106 Å². The zero-order valence-corrected chi connectivity index (χ0v) is 29.8. The number of piperidine rings is 1. The smallest absolute Gasteiger partial charge is 0.410 e. The number of para-hydroxylation sites is 2. The lowest BCUT2D eigenvalue weighted by Crippen LogP contribution is -2.47. The molecule has 0 spiro atoms. The molecule has 0 aliphatic carbocycles. The first-order chi connectivity index (χ1) is 24.8. The van der Waals surface area contributed by atoms with Crippen molar-refractivity contribution in [1.82, 2.24) is 8.87 Å². The van der Waals surface area contributed by atoms with Crippen LogP contribution in [0.5, 0.6) is 11.5 Å². The molecule has 6 rings (SSSR count). The van der Waals surface area contributed by atoms with Gasteiger partial charge in [0, 0.05) is 29.8 Å². The van der Waals surface area contributed by atoms with Crippen molar-refractivity contribution in [2.75, 3.05) is 39.7 Å². The van der Waals surface area contributed by atoms with Crippen LogP contribution in [0.1, 0.15) is 41.1 Å². The van der Waals surface area contributed by atoms with Crippen LogP contribution in [-0.2, 0) is 44.1 Å².